The van der Waals surface area contributed by atoms with Crippen molar-refractivity contribution in [1.29, 1.82) is 0 Å². The van der Waals surface area contributed by atoms with E-state index >= 15 is 0 Å². The highest BCUT2D eigenvalue weighted by atomic mass is 16.5. The third kappa shape index (κ3) is 5.66. The summed E-state index contributed by atoms with van der Waals surface area (Å²) in [6, 6.07) is 28.2. The number of hydrogen-bond acceptors (Lipinski definition) is 5. The number of benzene rings is 3. The Morgan fingerprint density at radius 2 is 1.63 bits per heavy atom. The molecule has 0 bridgehead atoms. The largest absolute Gasteiger partial charge is 0.345 e. The molecule has 0 atom stereocenters. The maximum atomic E-state index is 13.2. The van der Waals surface area contributed by atoms with Crippen LogP contribution in [0.3, 0.4) is 0 Å². The Balaban J connectivity index is 1.18. The van der Waals surface area contributed by atoms with Crippen LogP contribution in [0.1, 0.15) is 41.5 Å². The number of carbonyl (C=O) groups excluding carboxylic acids is 1. The van der Waals surface area contributed by atoms with Gasteiger partial charge >= 0.3 is 0 Å². The second kappa shape index (κ2) is 10.7. The molecule has 1 amide bonds. The van der Waals surface area contributed by atoms with Crippen molar-refractivity contribution in [1.82, 2.24) is 20.4 Å². The van der Waals surface area contributed by atoms with Crippen LogP contribution in [-0.4, -0.2) is 34.0 Å². The molecule has 0 saturated carbocycles. The molecule has 1 aliphatic heterocycles. The number of amides is 1. The van der Waals surface area contributed by atoms with Gasteiger partial charge in [-0.05, 0) is 50.0 Å². The fourth-order valence-electron chi connectivity index (χ4n) is 4.68. The normalized spacial score (nSPS) is 14.8. The number of likely N-dealkylation sites (tertiary alicyclic amines) is 1. The lowest BCUT2D eigenvalue weighted by atomic mass is 9.93. The SMILES string of the molecule is Cc1cccc(-c2noc(CN3CCC(C(=O)NC(c4ccccc4)c4ccccc4)CC3)n2)c1. The summed E-state index contributed by atoms with van der Waals surface area (Å²) < 4.78 is 5.50. The molecule has 4 aromatic rings. The molecule has 35 heavy (non-hydrogen) atoms. The molecule has 0 unspecified atom stereocenters. The lowest BCUT2D eigenvalue weighted by Crippen LogP contribution is -2.41. The predicted octanol–water partition coefficient (Wildman–Crippen LogP) is 5.16. The number of nitrogens with zero attached hydrogens (tertiary/aromatic N) is 3. The van der Waals surface area contributed by atoms with Crippen molar-refractivity contribution < 1.29 is 9.32 Å². The molecule has 0 spiro atoms. The Hall–Kier alpha value is -3.77. The van der Waals surface area contributed by atoms with E-state index in [4.69, 9.17) is 4.52 Å². The lowest BCUT2D eigenvalue weighted by Gasteiger charge is -2.31. The van der Waals surface area contributed by atoms with Crippen LogP contribution in [-0.2, 0) is 11.3 Å². The molecule has 178 valence electrons. The first kappa shape index (κ1) is 23.0. The summed E-state index contributed by atoms with van der Waals surface area (Å²) in [6.07, 6.45) is 1.61. The van der Waals surface area contributed by atoms with E-state index < -0.39 is 0 Å². The van der Waals surface area contributed by atoms with Crippen molar-refractivity contribution in [3.05, 3.63) is 108 Å². The van der Waals surface area contributed by atoms with Crippen molar-refractivity contribution >= 4 is 5.91 Å². The molecule has 1 N–H and O–H groups in total. The lowest BCUT2D eigenvalue weighted by molar-refractivity contribution is -0.127. The summed E-state index contributed by atoms with van der Waals surface area (Å²) in [7, 11) is 0. The van der Waals surface area contributed by atoms with Crippen molar-refractivity contribution in [3.8, 4) is 11.4 Å². The molecule has 6 nitrogen and oxygen atoms in total. The van der Waals surface area contributed by atoms with E-state index in [-0.39, 0.29) is 17.9 Å². The van der Waals surface area contributed by atoms with Crippen LogP contribution in [0, 0.1) is 12.8 Å². The number of hydrogen-bond donors (Lipinski definition) is 1. The van der Waals surface area contributed by atoms with Crippen LogP contribution >= 0.6 is 0 Å². The van der Waals surface area contributed by atoms with E-state index in [1.54, 1.807) is 0 Å². The average Bonchev–Trinajstić information content (AvgIpc) is 3.37. The minimum Gasteiger partial charge on any atom is -0.345 e. The fourth-order valence-corrected chi connectivity index (χ4v) is 4.68. The molecule has 0 aliphatic carbocycles. The first-order chi connectivity index (χ1) is 17.2. The monoisotopic (exact) mass is 466 g/mol. The smallest absolute Gasteiger partial charge is 0.241 e. The summed E-state index contributed by atoms with van der Waals surface area (Å²) in [5.74, 6) is 1.33. The molecule has 0 radical (unpaired) electrons. The van der Waals surface area contributed by atoms with Gasteiger partial charge in [-0.25, -0.2) is 0 Å². The van der Waals surface area contributed by atoms with Crippen LogP contribution in [0.2, 0.25) is 0 Å². The third-order valence-electron chi connectivity index (χ3n) is 6.61. The zero-order valence-electron chi connectivity index (χ0n) is 19.9. The Bertz CT molecular complexity index is 1210. The third-order valence-corrected chi connectivity index (χ3v) is 6.61. The van der Waals surface area contributed by atoms with Gasteiger partial charge in [0.05, 0.1) is 12.6 Å². The van der Waals surface area contributed by atoms with E-state index in [0.29, 0.717) is 18.3 Å². The average molecular weight is 467 g/mol. The molecule has 1 aliphatic rings. The van der Waals surface area contributed by atoms with Crippen molar-refractivity contribution in [2.24, 2.45) is 5.92 Å². The van der Waals surface area contributed by atoms with E-state index in [1.165, 1.54) is 0 Å². The van der Waals surface area contributed by atoms with Gasteiger partial charge in [-0.1, -0.05) is 89.6 Å². The number of piperidine rings is 1. The second-order valence-corrected chi connectivity index (χ2v) is 9.19. The molecule has 1 fully saturated rings. The molecule has 2 heterocycles. The number of carbonyl (C=O) groups is 1. The zero-order valence-corrected chi connectivity index (χ0v) is 19.9. The maximum Gasteiger partial charge on any atom is 0.241 e. The van der Waals surface area contributed by atoms with E-state index in [9.17, 15) is 4.79 Å². The highest BCUT2D eigenvalue weighted by Crippen LogP contribution is 2.25. The van der Waals surface area contributed by atoms with Crippen molar-refractivity contribution in [2.75, 3.05) is 13.1 Å². The van der Waals surface area contributed by atoms with Crippen LogP contribution < -0.4 is 5.32 Å². The Labute approximate surface area is 206 Å². The number of aromatic nitrogens is 2. The molecule has 6 heteroatoms. The van der Waals surface area contributed by atoms with Crippen LogP contribution in [0.5, 0.6) is 0 Å². The quantitative estimate of drug-likeness (QED) is 0.407. The molecule has 5 rings (SSSR count). The highest BCUT2D eigenvalue weighted by molar-refractivity contribution is 5.79. The first-order valence-electron chi connectivity index (χ1n) is 12.2. The summed E-state index contributed by atoms with van der Waals surface area (Å²) in [6.45, 7) is 4.29. The Morgan fingerprint density at radius 1 is 0.971 bits per heavy atom. The second-order valence-electron chi connectivity index (χ2n) is 9.19. The predicted molar refractivity (Wildman–Crippen MR) is 135 cm³/mol. The van der Waals surface area contributed by atoms with Crippen molar-refractivity contribution in [2.45, 2.75) is 32.4 Å². The van der Waals surface area contributed by atoms with E-state index in [0.717, 1.165) is 48.2 Å². The van der Waals surface area contributed by atoms with Gasteiger partial charge in [0.25, 0.3) is 0 Å². The molecule has 1 saturated heterocycles. The highest BCUT2D eigenvalue weighted by Gasteiger charge is 2.28. The van der Waals surface area contributed by atoms with Crippen molar-refractivity contribution in [3.63, 3.8) is 0 Å². The molecular formula is C29H30N4O2. The van der Waals surface area contributed by atoms with Gasteiger partial charge in [0, 0.05) is 11.5 Å². The Kier molecular flexibility index (Phi) is 7.00. The number of aryl methyl sites for hydroxylation is 1. The topological polar surface area (TPSA) is 71.3 Å². The number of nitrogens with one attached hydrogen (secondary N) is 1. The minimum absolute atomic E-state index is 0.00767. The maximum absolute atomic E-state index is 13.2. The standard InChI is InChI=1S/C29H30N4O2/c1-21-9-8-14-25(19-21)28-30-26(35-32-28)20-33-17-15-24(16-18-33)29(34)31-27(22-10-4-2-5-11-22)23-12-6-3-7-13-23/h2-14,19,24,27H,15-18,20H2,1H3,(H,31,34). The summed E-state index contributed by atoms with van der Waals surface area (Å²) >= 11 is 0. The van der Waals surface area contributed by atoms with Gasteiger partial charge in [0.1, 0.15) is 0 Å². The molecule has 1 aromatic heterocycles. The van der Waals surface area contributed by atoms with Gasteiger partial charge in [-0.3, -0.25) is 9.69 Å². The summed E-state index contributed by atoms with van der Waals surface area (Å²) in [4.78, 5) is 20.1. The fraction of sp³-hybridized carbons (Fsp3) is 0.276. The van der Waals surface area contributed by atoms with Gasteiger partial charge in [-0.2, -0.15) is 4.98 Å². The molecular weight excluding hydrogens is 436 g/mol. The van der Waals surface area contributed by atoms with Gasteiger partial charge in [0.15, 0.2) is 0 Å². The van der Waals surface area contributed by atoms with Gasteiger partial charge in [0.2, 0.25) is 17.6 Å². The van der Waals surface area contributed by atoms with Crippen LogP contribution in [0.25, 0.3) is 11.4 Å². The summed E-state index contributed by atoms with van der Waals surface area (Å²) in [5, 5.41) is 7.46. The van der Waals surface area contributed by atoms with E-state index in [2.05, 4.69) is 50.7 Å². The van der Waals surface area contributed by atoms with Crippen LogP contribution in [0.4, 0.5) is 0 Å². The Morgan fingerprint density at radius 3 is 2.26 bits per heavy atom. The minimum atomic E-state index is -0.152. The summed E-state index contributed by atoms with van der Waals surface area (Å²) in [5.41, 5.74) is 4.30. The van der Waals surface area contributed by atoms with Gasteiger partial charge < -0.3 is 9.84 Å². The van der Waals surface area contributed by atoms with Crippen LogP contribution in [0.15, 0.2) is 89.5 Å². The molecule has 3 aromatic carbocycles. The first-order valence-corrected chi connectivity index (χ1v) is 12.2. The van der Waals surface area contributed by atoms with E-state index in [1.807, 2.05) is 61.5 Å². The van der Waals surface area contributed by atoms with Gasteiger partial charge in [-0.15, -0.1) is 0 Å². The number of rotatable bonds is 7. The zero-order chi connectivity index (χ0) is 24.0.